The summed E-state index contributed by atoms with van der Waals surface area (Å²) < 4.78 is 5.91. The smallest absolute Gasteiger partial charge is 0.294 e. The predicted octanol–water partition coefficient (Wildman–Crippen LogP) is 4.13. The maximum Gasteiger partial charge on any atom is 0.294 e. The number of ether oxygens (including phenoxy) is 1. The largest absolute Gasteiger partial charge is 0.496 e. The number of hydrogen-bond donors (Lipinski definition) is 1. The number of halogens is 1. The second kappa shape index (κ2) is 8.41. The number of amides is 3. The first-order valence-corrected chi connectivity index (χ1v) is 9.52. The van der Waals surface area contributed by atoms with Crippen molar-refractivity contribution in [2.24, 2.45) is 0 Å². The molecule has 0 bridgehead atoms. The molecule has 1 fully saturated rings. The minimum absolute atomic E-state index is 0.268. The van der Waals surface area contributed by atoms with Gasteiger partial charge in [0.05, 0.1) is 16.5 Å². The lowest BCUT2D eigenvalue weighted by atomic mass is 10.2. The van der Waals surface area contributed by atoms with E-state index in [1.165, 1.54) is 0 Å². The van der Waals surface area contributed by atoms with Crippen LogP contribution in [0, 0.1) is 0 Å². The molecule has 138 valence electrons. The molecule has 1 aliphatic rings. The summed E-state index contributed by atoms with van der Waals surface area (Å²) in [4.78, 5) is 38.0. The summed E-state index contributed by atoms with van der Waals surface area (Å²) in [5.74, 6) is -0.255. The van der Waals surface area contributed by atoms with Gasteiger partial charge in [0.1, 0.15) is 12.3 Å². The predicted molar refractivity (Wildman–Crippen MR) is 108 cm³/mol. The van der Waals surface area contributed by atoms with E-state index in [9.17, 15) is 14.4 Å². The third kappa shape index (κ3) is 4.58. The number of nitrogens with one attached hydrogen (secondary N) is 1. The standard InChI is InChI=1S/C19H15BrN2O4S/c1-26-15-8-7-12(9-14(15)20)10-16-18(24)22(19(25)27-16)11-17(23)21-13-5-3-2-4-6-13/h2-10H,11H2,1H3,(H,21,23)/b16-10-. The van der Waals surface area contributed by atoms with Gasteiger partial charge < -0.3 is 10.1 Å². The van der Waals surface area contributed by atoms with Crippen LogP contribution in [-0.4, -0.2) is 35.6 Å². The number of carbonyl (C=O) groups excluding carboxylic acids is 3. The number of thioether (sulfide) groups is 1. The van der Waals surface area contributed by atoms with Crippen LogP contribution in [0.5, 0.6) is 5.75 Å². The number of para-hydroxylation sites is 1. The molecule has 0 unspecified atom stereocenters. The molecule has 0 radical (unpaired) electrons. The Hall–Kier alpha value is -2.58. The number of rotatable bonds is 5. The molecule has 3 rings (SSSR count). The summed E-state index contributed by atoms with van der Waals surface area (Å²) in [6, 6.07) is 14.2. The van der Waals surface area contributed by atoms with Crippen molar-refractivity contribution in [3.63, 3.8) is 0 Å². The number of imide groups is 1. The quantitative estimate of drug-likeness (QED) is 0.698. The lowest BCUT2D eigenvalue weighted by molar-refractivity contribution is -0.127. The van der Waals surface area contributed by atoms with E-state index in [1.54, 1.807) is 55.7 Å². The van der Waals surface area contributed by atoms with Crippen molar-refractivity contribution in [2.75, 3.05) is 19.0 Å². The second-order valence-corrected chi connectivity index (χ2v) is 7.42. The van der Waals surface area contributed by atoms with Crippen LogP contribution in [0.4, 0.5) is 10.5 Å². The fraction of sp³-hybridized carbons (Fsp3) is 0.105. The monoisotopic (exact) mass is 446 g/mol. The molecule has 1 heterocycles. The minimum Gasteiger partial charge on any atom is -0.496 e. The maximum atomic E-state index is 12.5. The SMILES string of the molecule is COc1ccc(/C=C2\SC(=O)N(CC(=O)Nc3ccccc3)C2=O)cc1Br. The highest BCUT2D eigenvalue weighted by Gasteiger charge is 2.36. The van der Waals surface area contributed by atoms with E-state index in [-0.39, 0.29) is 11.4 Å². The van der Waals surface area contributed by atoms with Crippen LogP contribution >= 0.6 is 27.7 Å². The average molecular weight is 447 g/mol. The zero-order valence-corrected chi connectivity index (χ0v) is 16.7. The Balaban J connectivity index is 1.71. The second-order valence-electron chi connectivity index (χ2n) is 5.58. The van der Waals surface area contributed by atoms with Gasteiger partial charge in [-0.15, -0.1) is 0 Å². The molecule has 1 aliphatic heterocycles. The van der Waals surface area contributed by atoms with E-state index in [0.29, 0.717) is 11.4 Å². The topological polar surface area (TPSA) is 75.7 Å². The molecule has 0 aliphatic carbocycles. The Morgan fingerprint density at radius 2 is 1.96 bits per heavy atom. The van der Waals surface area contributed by atoms with Gasteiger partial charge in [-0.1, -0.05) is 24.3 Å². The number of carbonyl (C=O) groups is 3. The minimum atomic E-state index is -0.486. The van der Waals surface area contributed by atoms with Gasteiger partial charge in [0.15, 0.2) is 0 Å². The number of anilines is 1. The van der Waals surface area contributed by atoms with Crippen molar-refractivity contribution in [3.05, 3.63) is 63.5 Å². The highest BCUT2D eigenvalue weighted by atomic mass is 79.9. The van der Waals surface area contributed by atoms with Gasteiger partial charge in [-0.3, -0.25) is 19.3 Å². The van der Waals surface area contributed by atoms with Gasteiger partial charge >= 0.3 is 0 Å². The third-order valence-corrected chi connectivity index (χ3v) is 5.23. The summed E-state index contributed by atoms with van der Waals surface area (Å²) in [6.45, 7) is -0.330. The van der Waals surface area contributed by atoms with E-state index in [0.717, 1.165) is 26.7 Å². The number of benzene rings is 2. The molecule has 2 aromatic rings. The first-order valence-electron chi connectivity index (χ1n) is 7.92. The Kier molecular flexibility index (Phi) is 5.98. The Morgan fingerprint density at radius 1 is 1.22 bits per heavy atom. The number of nitrogens with zero attached hydrogens (tertiary/aromatic N) is 1. The van der Waals surface area contributed by atoms with E-state index in [2.05, 4.69) is 21.2 Å². The molecule has 27 heavy (non-hydrogen) atoms. The van der Waals surface area contributed by atoms with Crippen molar-refractivity contribution in [2.45, 2.75) is 0 Å². The first-order chi connectivity index (χ1) is 13.0. The fourth-order valence-corrected chi connectivity index (χ4v) is 3.82. The van der Waals surface area contributed by atoms with Gasteiger partial charge in [-0.25, -0.2) is 0 Å². The summed E-state index contributed by atoms with van der Waals surface area (Å²) in [6.07, 6.45) is 1.62. The van der Waals surface area contributed by atoms with E-state index in [1.807, 2.05) is 6.07 Å². The summed E-state index contributed by atoms with van der Waals surface area (Å²) in [5.41, 5.74) is 1.34. The van der Waals surface area contributed by atoms with Crippen LogP contribution in [-0.2, 0) is 9.59 Å². The van der Waals surface area contributed by atoms with Crippen LogP contribution in [0.2, 0.25) is 0 Å². The van der Waals surface area contributed by atoms with Crippen molar-refractivity contribution in [3.8, 4) is 5.75 Å². The van der Waals surface area contributed by atoms with Crippen molar-refractivity contribution < 1.29 is 19.1 Å². The molecule has 6 nitrogen and oxygen atoms in total. The molecule has 0 atom stereocenters. The Morgan fingerprint density at radius 3 is 2.63 bits per heavy atom. The molecule has 8 heteroatoms. The third-order valence-electron chi connectivity index (χ3n) is 3.71. The average Bonchev–Trinajstić information content (AvgIpc) is 2.90. The molecule has 1 saturated heterocycles. The highest BCUT2D eigenvalue weighted by molar-refractivity contribution is 9.10. The number of hydrogen-bond acceptors (Lipinski definition) is 5. The molecular weight excluding hydrogens is 432 g/mol. The summed E-state index contributed by atoms with van der Waals surface area (Å²) >= 11 is 4.20. The van der Waals surface area contributed by atoms with Crippen molar-refractivity contribution >= 4 is 56.5 Å². The van der Waals surface area contributed by atoms with Crippen LogP contribution < -0.4 is 10.1 Å². The van der Waals surface area contributed by atoms with Crippen LogP contribution in [0.15, 0.2) is 57.9 Å². The molecule has 3 amide bonds. The number of methoxy groups -OCH3 is 1. The van der Waals surface area contributed by atoms with Gasteiger partial charge in [0.2, 0.25) is 5.91 Å². The van der Waals surface area contributed by atoms with Gasteiger partial charge in [0.25, 0.3) is 11.1 Å². The van der Waals surface area contributed by atoms with E-state index in [4.69, 9.17) is 4.74 Å². The Labute approximate surface area is 168 Å². The van der Waals surface area contributed by atoms with Crippen molar-refractivity contribution in [1.29, 1.82) is 0 Å². The zero-order chi connectivity index (χ0) is 19.4. The Bertz CT molecular complexity index is 931. The normalized spacial score (nSPS) is 15.3. The van der Waals surface area contributed by atoms with Crippen molar-refractivity contribution in [1.82, 2.24) is 4.90 Å². The van der Waals surface area contributed by atoms with E-state index < -0.39 is 17.1 Å². The first kappa shape index (κ1) is 19.2. The molecule has 0 saturated carbocycles. The molecule has 0 spiro atoms. The molecule has 0 aromatic heterocycles. The molecule has 2 aromatic carbocycles. The lowest BCUT2D eigenvalue weighted by Crippen LogP contribution is -2.36. The molecular formula is C19H15BrN2O4S. The van der Waals surface area contributed by atoms with E-state index >= 15 is 0 Å². The van der Waals surface area contributed by atoms with Crippen LogP contribution in [0.3, 0.4) is 0 Å². The van der Waals surface area contributed by atoms with Crippen LogP contribution in [0.25, 0.3) is 6.08 Å². The van der Waals surface area contributed by atoms with Crippen LogP contribution in [0.1, 0.15) is 5.56 Å². The highest BCUT2D eigenvalue weighted by Crippen LogP contribution is 2.33. The summed E-state index contributed by atoms with van der Waals surface area (Å²) in [5, 5.41) is 2.19. The zero-order valence-electron chi connectivity index (χ0n) is 14.3. The van der Waals surface area contributed by atoms with Gasteiger partial charge in [-0.2, -0.15) is 0 Å². The fourth-order valence-electron chi connectivity index (χ4n) is 2.43. The lowest BCUT2D eigenvalue weighted by Gasteiger charge is -2.12. The van der Waals surface area contributed by atoms with Gasteiger partial charge in [-0.05, 0) is 63.6 Å². The van der Waals surface area contributed by atoms with Gasteiger partial charge in [0, 0.05) is 5.69 Å². The molecule has 1 N–H and O–H groups in total. The summed E-state index contributed by atoms with van der Waals surface area (Å²) in [7, 11) is 1.56. The maximum absolute atomic E-state index is 12.5.